The average Bonchev–Trinajstić information content (AvgIpc) is 2.35. The van der Waals surface area contributed by atoms with E-state index in [0.717, 1.165) is 0 Å². The quantitative estimate of drug-likeness (QED) is 0.846. The fourth-order valence-electron chi connectivity index (χ4n) is 1.68. The first-order valence-corrected chi connectivity index (χ1v) is 7.17. The fraction of sp³-hybridized carbons (Fsp3) is 0.562. The van der Waals surface area contributed by atoms with Crippen LogP contribution in [-0.2, 0) is 15.1 Å². The van der Waals surface area contributed by atoms with Crippen LogP contribution in [0.4, 0.5) is 4.79 Å². The molecule has 0 radical (unpaired) electrons. The summed E-state index contributed by atoms with van der Waals surface area (Å²) in [6.45, 7) is 10.6. The Morgan fingerprint density at radius 2 is 1.91 bits per heavy atom. The van der Waals surface area contributed by atoms with Crippen LogP contribution in [0.5, 0.6) is 5.88 Å². The second kappa shape index (κ2) is 6.77. The van der Waals surface area contributed by atoms with E-state index >= 15 is 0 Å². The Kier molecular flexibility index (Phi) is 5.52. The zero-order chi connectivity index (χ0) is 17.0. The number of hydrogen-bond acceptors (Lipinski definition) is 5. The van der Waals surface area contributed by atoms with Crippen molar-refractivity contribution in [2.75, 3.05) is 0 Å². The van der Waals surface area contributed by atoms with Crippen LogP contribution in [0, 0.1) is 0 Å². The third kappa shape index (κ3) is 5.35. The van der Waals surface area contributed by atoms with Gasteiger partial charge < -0.3 is 19.6 Å². The molecule has 1 unspecified atom stereocenters. The van der Waals surface area contributed by atoms with Crippen molar-refractivity contribution < 1.29 is 19.1 Å². The van der Waals surface area contributed by atoms with Crippen LogP contribution < -0.4 is 10.1 Å². The first kappa shape index (κ1) is 17.9. The lowest BCUT2D eigenvalue weighted by atomic mass is 9.99. The summed E-state index contributed by atoms with van der Waals surface area (Å²) in [5.41, 5.74) is -1.56. The highest BCUT2D eigenvalue weighted by molar-refractivity contribution is 5.77. The van der Waals surface area contributed by atoms with Gasteiger partial charge >= 0.3 is 6.09 Å². The zero-order valence-electron chi connectivity index (χ0n) is 14.0. The van der Waals surface area contributed by atoms with Crippen molar-refractivity contribution in [1.82, 2.24) is 10.3 Å². The van der Waals surface area contributed by atoms with Crippen LogP contribution in [0.3, 0.4) is 0 Å². The molecule has 0 aromatic carbocycles. The number of rotatable bonds is 5. The summed E-state index contributed by atoms with van der Waals surface area (Å²) in [6.07, 6.45) is -0.0959. The van der Waals surface area contributed by atoms with Gasteiger partial charge in [-0.15, -0.1) is 0 Å². The number of carbonyl (C=O) groups is 2. The lowest BCUT2D eigenvalue weighted by Gasteiger charge is -2.27. The largest absolute Gasteiger partial charge is 0.475 e. The minimum atomic E-state index is -1.29. The van der Waals surface area contributed by atoms with E-state index in [1.807, 2.05) is 13.8 Å². The van der Waals surface area contributed by atoms with Crippen LogP contribution in [-0.4, -0.2) is 29.1 Å². The molecule has 1 rings (SSSR count). The Morgan fingerprint density at radius 1 is 1.27 bits per heavy atom. The van der Waals surface area contributed by atoms with Gasteiger partial charge in [-0.3, -0.25) is 0 Å². The van der Waals surface area contributed by atoms with E-state index in [2.05, 4.69) is 10.3 Å². The smallest absolute Gasteiger partial charge is 0.408 e. The van der Waals surface area contributed by atoms with Gasteiger partial charge in [-0.05, 0) is 47.6 Å². The van der Waals surface area contributed by atoms with Gasteiger partial charge in [0.2, 0.25) is 5.88 Å². The summed E-state index contributed by atoms with van der Waals surface area (Å²) in [7, 11) is 0. The summed E-state index contributed by atoms with van der Waals surface area (Å²) in [4.78, 5) is 27.7. The molecule has 0 aliphatic rings. The number of nitrogens with zero attached hydrogens (tertiary/aromatic N) is 1. The molecular weight excluding hydrogens is 284 g/mol. The van der Waals surface area contributed by atoms with Crippen molar-refractivity contribution in [2.24, 2.45) is 0 Å². The number of alkyl carbamates (subject to hydrolysis) is 1. The van der Waals surface area contributed by atoms with Crippen LogP contribution in [0.2, 0.25) is 0 Å². The number of aromatic nitrogens is 1. The summed E-state index contributed by atoms with van der Waals surface area (Å²) in [5.74, 6) is 0.395. The van der Waals surface area contributed by atoms with E-state index in [1.54, 1.807) is 45.9 Å². The van der Waals surface area contributed by atoms with Crippen LogP contribution in [0.15, 0.2) is 18.2 Å². The molecule has 0 saturated heterocycles. The predicted octanol–water partition coefficient (Wildman–Crippen LogP) is 2.81. The highest BCUT2D eigenvalue weighted by Gasteiger charge is 2.32. The molecule has 1 heterocycles. The third-order valence-electron chi connectivity index (χ3n) is 2.61. The van der Waals surface area contributed by atoms with Crippen molar-refractivity contribution in [3.63, 3.8) is 0 Å². The van der Waals surface area contributed by atoms with Gasteiger partial charge in [0.15, 0.2) is 6.29 Å². The average molecular weight is 308 g/mol. The molecule has 1 atom stereocenters. The normalized spacial score (nSPS) is 14.1. The maximum Gasteiger partial charge on any atom is 0.408 e. The molecule has 0 saturated carbocycles. The van der Waals surface area contributed by atoms with E-state index < -0.39 is 17.2 Å². The van der Waals surface area contributed by atoms with Gasteiger partial charge in [0.25, 0.3) is 0 Å². The summed E-state index contributed by atoms with van der Waals surface area (Å²) >= 11 is 0. The van der Waals surface area contributed by atoms with Gasteiger partial charge in [0, 0.05) is 6.07 Å². The highest BCUT2D eigenvalue weighted by Crippen LogP contribution is 2.20. The molecule has 6 nitrogen and oxygen atoms in total. The van der Waals surface area contributed by atoms with Crippen LogP contribution in [0.1, 0.15) is 47.2 Å². The van der Waals surface area contributed by atoms with E-state index in [-0.39, 0.29) is 6.10 Å². The number of pyridine rings is 1. The Morgan fingerprint density at radius 3 is 2.41 bits per heavy atom. The van der Waals surface area contributed by atoms with Crippen LogP contribution in [0.25, 0.3) is 0 Å². The first-order valence-electron chi connectivity index (χ1n) is 7.17. The summed E-state index contributed by atoms with van der Waals surface area (Å²) in [6, 6.07) is 5.07. The lowest BCUT2D eigenvalue weighted by Crippen LogP contribution is -2.47. The van der Waals surface area contributed by atoms with E-state index in [9.17, 15) is 9.59 Å². The predicted molar refractivity (Wildman–Crippen MR) is 82.8 cm³/mol. The van der Waals surface area contributed by atoms with E-state index in [4.69, 9.17) is 9.47 Å². The first-order chi connectivity index (χ1) is 10.1. The van der Waals surface area contributed by atoms with Gasteiger partial charge in [-0.25, -0.2) is 9.78 Å². The maximum absolute atomic E-state index is 11.9. The molecule has 1 aromatic rings. The number of nitrogens with one attached hydrogen (secondary N) is 1. The Balaban J connectivity index is 2.98. The Hall–Kier alpha value is -2.11. The van der Waals surface area contributed by atoms with Crippen LogP contribution >= 0.6 is 0 Å². The minimum Gasteiger partial charge on any atom is -0.475 e. The second-order valence-electron chi connectivity index (χ2n) is 6.47. The Labute approximate surface area is 131 Å². The molecule has 0 spiro atoms. The molecule has 6 heteroatoms. The third-order valence-corrected chi connectivity index (χ3v) is 2.61. The molecule has 0 bridgehead atoms. The number of amides is 1. The summed E-state index contributed by atoms with van der Waals surface area (Å²) < 4.78 is 10.7. The monoisotopic (exact) mass is 308 g/mol. The second-order valence-corrected chi connectivity index (χ2v) is 6.47. The summed E-state index contributed by atoms with van der Waals surface area (Å²) in [5, 5.41) is 2.55. The minimum absolute atomic E-state index is 0.0379. The highest BCUT2D eigenvalue weighted by atomic mass is 16.6. The van der Waals surface area contributed by atoms with E-state index in [0.29, 0.717) is 17.9 Å². The van der Waals surface area contributed by atoms with Crippen molar-refractivity contribution in [1.29, 1.82) is 0 Å². The zero-order valence-corrected chi connectivity index (χ0v) is 14.0. The topological polar surface area (TPSA) is 77.5 Å². The molecule has 1 amide bonds. The van der Waals surface area contributed by atoms with Gasteiger partial charge in [0.1, 0.15) is 11.1 Å². The molecule has 0 fully saturated rings. The fourth-order valence-corrected chi connectivity index (χ4v) is 1.68. The van der Waals surface area contributed by atoms with Crippen molar-refractivity contribution in [3.8, 4) is 5.88 Å². The molecule has 0 aliphatic heterocycles. The van der Waals surface area contributed by atoms with Gasteiger partial charge in [-0.1, -0.05) is 6.07 Å². The molecule has 1 aromatic heterocycles. The molecule has 22 heavy (non-hydrogen) atoms. The number of hydrogen-bond donors (Lipinski definition) is 1. The standard InChI is InChI=1S/C16H24N2O4/c1-11(2)21-13-9-7-8-12(17-13)16(6,10-19)18-14(20)22-15(3,4)5/h7-11H,1-6H3,(H,18,20). The molecule has 0 aliphatic carbocycles. The van der Waals surface area contributed by atoms with Crippen molar-refractivity contribution >= 4 is 12.4 Å². The molecule has 1 N–H and O–H groups in total. The Bertz CT molecular complexity index is 537. The van der Waals surface area contributed by atoms with Crippen molar-refractivity contribution in [2.45, 2.75) is 58.8 Å². The molecular formula is C16H24N2O4. The maximum atomic E-state index is 11.9. The SMILES string of the molecule is CC(C)Oc1cccc(C(C)(C=O)NC(=O)OC(C)(C)C)n1. The van der Waals surface area contributed by atoms with Gasteiger partial charge in [-0.2, -0.15) is 0 Å². The number of aldehydes is 1. The number of carbonyl (C=O) groups excluding carboxylic acids is 2. The van der Waals surface area contributed by atoms with E-state index in [1.165, 1.54) is 0 Å². The molecule has 122 valence electrons. The lowest BCUT2D eigenvalue weighted by molar-refractivity contribution is -0.113. The van der Waals surface area contributed by atoms with Gasteiger partial charge in [0.05, 0.1) is 11.8 Å². The number of ether oxygens (including phenoxy) is 2. The van der Waals surface area contributed by atoms with Crippen molar-refractivity contribution in [3.05, 3.63) is 23.9 Å².